The Morgan fingerprint density at radius 2 is 1.07 bits per heavy atom. The molecule has 3 aromatic heterocycles. The number of hydrogen-bond acceptors (Lipinski definition) is 11. The van der Waals surface area contributed by atoms with Crippen LogP contribution in [0.25, 0.3) is 22.5 Å². The number of aromatic nitrogens is 3. The van der Waals surface area contributed by atoms with Crippen LogP contribution in [0.15, 0.2) is 65.4 Å². The Bertz CT molecular complexity index is 1630. The van der Waals surface area contributed by atoms with Gasteiger partial charge in [-0.15, -0.1) is 22.7 Å². The summed E-state index contributed by atoms with van der Waals surface area (Å²) >= 11 is 2.49. The second-order valence-electron chi connectivity index (χ2n) is 8.52. The number of pyridine rings is 1. The molecular weight excluding hydrogens is 578 g/mol. The van der Waals surface area contributed by atoms with E-state index in [1.165, 1.54) is 34.8 Å². The number of rotatable bonds is 10. The van der Waals surface area contributed by atoms with Crippen LogP contribution in [0.5, 0.6) is 23.0 Å². The molecule has 2 amide bonds. The molecule has 0 atom stereocenters. The van der Waals surface area contributed by atoms with E-state index < -0.39 is 11.8 Å². The molecule has 2 N–H and O–H groups in total. The van der Waals surface area contributed by atoms with Crippen molar-refractivity contribution in [2.24, 2.45) is 0 Å². The second-order valence-corrected chi connectivity index (χ2v) is 10.2. The third-order valence-electron chi connectivity index (χ3n) is 6.03. The summed E-state index contributed by atoms with van der Waals surface area (Å²) in [6.45, 7) is 0. The van der Waals surface area contributed by atoms with E-state index in [1.807, 2.05) is 12.1 Å². The molecule has 3 heterocycles. The number of nitrogens with one attached hydrogen (secondary N) is 2. The lowest BCUT2D eigenvalue weighted by Crippen LogP contribution is -2.18. The van der Waals surface area contributed by atoms with Crippen LogP contribution in [0.2, 0.25) is 0 Å². The molecule has 0 aliphatic heterocycles. The first-order valence-corrected chi connectivity index (χ1v) is 14.1. The van der Waals surface area contributed by atoms with Crippen LogP contribution in [0.4, 0.5) is 10.3 Å². The molecule has 0 aliphatic rings. The third-order valence-corrected chi connectivity index (χ3v) is 7.54. The summed E-state index contributed by atoms with van der Waals surface area (Å²) in [5.41, 5.74) is 2.78. The number of anilines is 2. The lowest BCUT2D eigenvalue weighted by molar-refractivity contribution is 0.101. The zero-order valence-corrected chi connectivity index (χ0v) is 24.6. The van der Waals surface area contributed by atoms with Crippen molar-refractivity contribution in [3.05, 3.63) is 76.7 Å². The molecule has 2 aromatic carbocycles. The van der Waals surface area contributed by atoms with Crippen molar-refractivity contribution in [1.82, 2.24) is 15.0 Å². The zero-order chi connectivity index (χ0) is 29.6. The highest BCUT2D eigenvalue weighted by Gasteiger charge is 2.18. The van der Waals surface area contributed by atoms with E-state index >= 15 is 0 Å². The maximum atomic E-state index is 13.0. The Kier molecular flexibility index (Phi) is 8.60. The van der Waals surface area contributed by atoms with Gasteiger partial charge < -0.3 is 18.9 Å². The van der Waals surface area contributed by atoms with Crippen molar-refractivity contribution in [2.45, 2.75) is 0 Å². The van der Waals surface area contributed by atoms with E-state index in [0.29, 0.717) is 44.6 Å². The molecule has 214 valence electrons. The minimum Gasteiger partial charge on any atom is -0.497 e. The average Bonchev–Trinajstić information content (AvgIpc) is 3.70. The Morgan fingerprint density at radius 1 is 0.619 bits per heavy atom. The molecule has 0 saturated heterocycles. The van der Waals surface area contributed by atoms with Crippen LogP contribution >= 0.6 is 22.7 Å². The van der Waals surface area contributed by atoms with Gasteiger partial charge in [-0.1, -0.05) is 6.07 Å². The molecule has 13 heteroatoms. The van der Waals surface area contributed by atoms with Gasteiger partial charge in [-0.25, -0.2) is 15.0 Å². The fourth-order valence-electron chi connectivity index (χ4n) is 3.95. The Morgan fingerprint density at radius 3 is 1.48 bits per heavy atom. The van der Waals surface area contributed by atoms with Crippen molar-refractivity contribution in [2.75, 3.05) is 39.1 Å². The number of carbonyl (C=O) groups is 2. The summed E-state index contributed by atoms with van der Waals surface area (Å²) in [6.07, 6.45) is 0. The van der Waals surface area contributed by atoms with E-state index in [4.69, 9.17) is 18.9 Å². The van der Waals surface area contributed by atoms with Gasteiger partial charge in [0.2, 0.25) is 0 Å². The quantitative estimate of drug-likeness (QED) is 0.201. The molecule has 0 radical (unpaired) electrons. The fourth-order valence-corrected chi connectivity index (χ4v) is 5.36. The van der Waals surface area contributed by atoms with E-state index in [1.54, 1.807) is 69.5 Å². The molecule has 0 spiro atoms. The predicted molar refractivity (Wildman–Crippen MR) is 161 cm³/mol. The smallest absolute Gasteiger partial charge is 0.276 e. The van der Waals surface area contributed by atoms with Gasteiger partial charge in [0, 0.05) is 21.9 Å². The second kappa shape index (κ2) is 12.7. The summed E-state index contributed by atoms with van der Waals surface area (Å²) in [6, 6.07) is 15.4. The number of ether oxygens (including phenoxy) is 4. The molecule has 0 fully saturated rings. The normalized spacial score (nSPS) is 10.6. The highest BCUT2D eigenvalue weighted by atomic mass is 32.1. The summed E-state index contributed by atoms with van der Waals surface area (Å²) in [4.78, 5) is 39.2. The predicted octanol–water partition coefficient (Wildman–Crippen LogP) is 5.87. The van der Waals surface area contributed by atoms with Crippen LogP contribution in [-0.4, -0.2) is 55.2 Å². The Hall–Kier alpha value is -5.01. The van der Waals surface area contributed by atoms with Gasteiger partial charge in [-0.3, -0.25) is 20.2 Å². The topological polar surface area (TPSA) is 134 Å². The highest BCUT2D eigenvalue weighted by molar-refractivity contribution is 7.14. The van der Waals surface area contributed by atoms with Crippen LogP contribution < -0.4 is 29.6 Å². The number of benzene rings is 2. The van der Waals surface area contributed by atoms with Crippen molar-refractivity contribution in [3.8, 4) is 45.5 Å². The maximum Gasteiger partial charge on any atom is 0.276 e. The minimum absolute atomic E-state index is 0.0549. The van der Waals surface area contributed by atoms with Gasteiger partial charge in [0.1, 0.15) is 34.4 Å². The SMILES string of the molecule is COc1ccc(OC)c(-c2csc(NC(=O)c3cccc(C(=O)Nc4nc(-c5cc(OC)ccc5OC)cs4)n3)n2)c1. The summed E-state index contributed by atoms with van der Waals surface area (Å²) in [5.74, 6) is 1.52. The number of hydrogen-bond donors (Lipinski definition) is 2. The van der Waals surface area contributed by atoms with Crippen LogP contribution in [0.3, 0.4) is 0 Å². The van der Waals surface area contributed by atoms with Gasteiger partial charge in [0.25, 0.3) is 11.8 Å². The van der Waals surface area contributed by atoms with Crippen molar-refractivity contribution in [3.63, 3.8) is 0 Å². The molecule has 42 heavy (non-hydrogen) atoms. The van der Waals surface area contributed by atoms with E-state index in [0.717, 1.165) is 11.1 Å². The monoisotopic (exact) mass is 603 g/mol. The van der Waals surface area contributed by atoms with Crippen molar-refractivity contribution in [1.29, 1.82) is 0 Å². The summed E-state index contributed by atoms with van der Waals surface area (Å²) in [5, 5.41) is 9.80. The number of nitrogens with zero attached hydrogens (tertiary/aromatic N) is 3. The number of amides is 2. The van der Waals surface area contributed by atoms with Gasteiger partial charge in [-0.2, -0.15) is 0 Å². The largest absolute Gasteiger partial charge is 0.497 e. The van der Waals surface area contributed by atoms with Crippen LogP contribution in [0.1, 0.15) is 21.0 Å². The van der Waals surface area contributed by atoms with Crippen LogP contribution in [0, 0.1) is 0 Å². The van der Waals surface area contributed by atoms with Gasteiger partial charge in [0.05, 0.1) is 39.8 Å². The molecule has 5 aromatic rings. The number of thiazole rings is 2. The first kappa shape index (κ1) is 28.5. The lowest BCUT2D eigenvalue weighted by Gasteiger charge is -2.08. The summed E-state index contributed by atoms with van der Waals surface area (Å²) < 4.78 is 21.5. The van der Waals surface area contributed by atoms with Gasteiger partial charge >= 0.3 is 0 Å². The van der Waals surface area contributed by atoms with E-state index in [2.05, 4.69) is 25.6 Å². The minimum atomic E-state index is -0.509. The Balaban J connectivity index is 1.28. The van der Waals surface area contributed by atoms with Crippen molar-refractivity contribution >= 4 is 44.8 Å². The van der Waals surface area contributed by atoms with E-state index in [-0.39, 0.29) is 11.4 Å². The van der Waals surface area contributed by atoms with Gasteiger partial charge in [0.15, 0.2) is 10.3 Å². The summed E-state index contributed by atoms with van der Waals surface area (Å²) in [7, 11) is 6.29. The number of methoxy groups -OCH3 is 4. The molecular formula is C29H25N5O6S2. The van der Waals surface area contributed by atoms with Gasteiger partial charge in [-0.05, 0) is 48.5 Å². The third kappa shape index (κ3) is 6.16. The highest BCUT2D eigenvalue weighted by Crippen LogP contribution is 2.36. The van der Waals surface area contributed by atoms with Crippen LogP contribution in [-0.2, 0) is 0 Å². The molecule has 0 bridgehead atoms. The number of carbonyl (C=O) groups excluding carboxylic acids is 2. The Labute approximate surface area is 249 Å². The molecule has 5 rings (SSSR count). The molecule has 0 aliphatic carbocycles. The van der Waals surface area contributed by atoms with Crippen molar-refractivity contribution < 1.29 is 28.5 Å². The first-order valence-electron chi connectivity index (χ1n) is 12.4. The standard InChI is InChI=1S/C29H25N5O6S2/c1-37-16-8-10-24(39-3)18(12-16)22-14-41-28(31-22)33-26(35)20-6-5-7-21(30-20)27(36)34-29-32-23(15-42-29)19-13-17(38-2)9-11-25(19)40-4/h5-15H,1-4H3,(H,31,33,35)(H,32,34,36). The lowest BCUT2D eigenvalue weighted by atomic mass is 10.1. The fraction of sp³-hybridized carbons (Fsp3) is 0.138. The molecule has 0 unspecified atom stereocenters. The maximum absolute atomic E-state index is 13.0. The van der Waals surface area contributed by atoms with E-state index in [9.17, 15) is 9.59 Å². The first-order chi connectivity index (χ1) is 20.4. The average molecular weight is 604 g/mol. The molecule has 0 saturated carbocycles. The molecule has 11 nitrogen and oxygen atoms in total. The zero-order valence-electron chi connectivity index (χ0n) is 23.0.